The Labute approximate surface area is 114 Å². The molecule has 6 heteroatoms. The van der Waals surface area contributed by atoms with Crippen LogP contribution in [0.1, 0.15) is 25.6 Å². The Morgan fingerprint density at radius 2 is 2.00 bits per heavy atom. The molecule has 2 heterocycles. The van der Waals surface area contributed by atoms with Gasteiger partial charge in [0.1, 0.15) is 5.01 Å². The van der Waals surface area contributed by atoms with E-state index in [2.05, 4.69) is 41.8 Å². The molecule has 4 nitrogen and oxygen atoms in total. The highest BCUT2D eigenvalue weighted by atomic mass is 32.1. The maximum absolute atomic E-state index is 4.59. The molecule has 2 aromatic heterocycles. The van der Waals surface area contributed by atoms with Crippen molar-refractivity contribution in [3.63, 3.8) is 0 Å². The Hall–Kier alpha value is -1.40. The molecule has 0 fully saturated rings. The van der Waals surface area contributed by atoms with Gasteiger partial charge in [0.05, 0.1) is 0 Å². The fourth-order valence-corrected chi connectivity index (χ4v) is 2.98. The summed E-state index contributed by atoms with van der Waals surface area (Å²) in [5, 5.41) is 13.8. The smallest absolute Gasteiger partial charge is 0.187 e. The van der Waals surface area contributed by atoms with E-state index < -0.39 is 0 Å². The third-order valence-electron chi connectivity index (χ3n) is 2.67. The molecule has 1 aromatic carbocycles. The van der Waals surface area contributed by atoms with E-state index in [9.17, 15) is 0 Å². The molecule has 0 saturated carbocycles. The number of benzene rings is 1. The molecule has 0 N–H and O–H groups in total. The highest BCUT2D eigenvalue weighted by Crippen LogP contribution is 2.30. The first kappa shape index (κ1) is 11.7. The standard InChI is InChI=1S/C12H12N4S2/c1-7(2)10-13-14-12-16(10)15-11(18-12)8-5-3-4-6-9(8)17/h3-7,17H,1-2H3. The number of fused-ring (bicyclic) bond motifs is 1. The summed E-state index contributed by atoms with van der Waals surface area (Å²) in [7, 11) is 0. The maximum atomic E-state index is 4.59. The summed E-state index contributed by atoms with van der Waals surface area (Å²) in [5.74, 6) is 1.20. The summed E-state index contributed by atoms with van der Waals surface area (Å²) in [6, 6.07) is 7.93. The quantitative estimate of drug-likeness (QED) is 0.731. The van der Waals surface area contributed by atoms with Crippen LogP contribution in [0.25, 0.3) is 15.5 Å². The fraction of sp³-hybridized carbons (Fsp3) is 0.250. The van der Waals surface area contributed by atoms with Gasteiger partial charge in [0.2, 0.25) is 4.96 Å². The first-order valence-electron chi connectivity index (χ1n) is 5.67. The molecule has 0 atom stereocenters. The van der Waals surface area contributed by atoms with Gasteiger partial charge < -0.3 is 0 Å². The van der Waals surface area contributed by atoms with Crippen molar-refractivity contribution < 1.29 is 0 Å². The first-order chi connectivity index (χ1) is 8.66. The van der Waals surface area contributed by atoms with Crippen molar-refractivity contribution in [2.45, 2.75) is 24.7 Å². The molecule has 0 aliphatic rings. The Morgan fingerprint density at radius 1 is 1.22 bits per heavy atom. The molecule has 0 spiro atoms. The third kappa shape index (κ3) is 1.81. The zero-order valence-corrected chi connectivity index (χ0v) is 11.7. The lowest BCUT2D eigenvalue weighted by molar-refractivity contribution is 0.726. The zero-order valence-electron chi connectivity index (χ0n) is 10.0. The second-order valence-electron chi connectivity index (χ2n) is 4.33. The van der Waals surface area contributed by atoms with Gasteiger partial charge in [-0.25, -0.2) is 0 Å². The first-order valence-corrected chi connectivity index (χ1v) is 6.93. The molecule has 3 aromatic rings. The van der Waals surface area contributed by atoms with Gasteiger partial charge in [0, 0.05) is 16.4 Å². The number of hydrogen-bond acceptors (Lipinski definition) is 5. The molecule has 0 amide bonds. The third-order valence-corrected chi connectivity index (χ3v) is 3.99. The van der Waals surface area contributed by atoms with Crippen LogP contribution in [-0.4, -0.2) is 19.8 Å². The molecule has 0 radical (unpaired) electrons. The van der Waals surface area contributed by atoms with Crippen molar-refractivity contribution in [3.8, 4) is 10.6 Å². The number of hydrogen-bond donors (Lipinski definition) is 1. The lowest BCUT2D eigenvalue weighted by atomic mass is 10.2. The molecule has 0 aliphatic carbocycles. The molecular weight excluding hydrogens is 264 g/mol. The van der Waals surface area contributed by atoms with Gasteiger partial charge in [0.25, 0.3) is 0 Å². The van der Waals surface area contributed by atoms with Gasteiger partial charge in [-0.2, -0.15) is 9.61 Å². The molecule has 0 unspecified atom stereocenters. The van der Waals surface area contributed by atoms with E-state index in [0.29, 0.717) is 5.92 Å². The molecule has 92 valence electrons. The fourth-order valence-electron chi connectivity index (χ4n) is 1.76. The Kier molecular flexibility index (Phi) is 2.83. The van der Waals surface area contributed by atoms with Crippen LogP contribution >= 0.6 is 24.0 Å². The predicted molar refractivity (Wildman–Crippen MR) is 75.4 cm³/mol. The van der Waals surface area contributed by atoms with Crippen LogP contribution in [0.2, 0.25) is 0 Å². The average molecular weight is 276 g/mol. The van der Waals surface area contributed by atoms with Crippen molar-refractivity contribution >= 4 is 28.9 Å². The topological polar surface area (TPSA) is 43.1 Å². The summed E-state index contributed by atoms with van der Waals surface area (Å²) in [4.78, 5) is 1.75. The van der Waals surface area contributed by atoms with Crippen LogP contribution in [-0.2, 0) is 0 Å². The van der Waals surface area contributed by atoms with Crippen LogP contribution in [0.15, 0.2) is 29.2 Å². The number of rotatable bonds is 2. The van der Waals surface area contributed by atoms with Crippen molar-refractivity contribution in [3.05, 3.63) is 30.1 Å². The highest BCUT2D eigenvalue weighted by molar-refractivity contribution is 7.80. The van der Waals surface area contributed by atoms with Crippen LogP contribution in [0.3, 0.4) is 0 Å². The van der Waals surface area contributed by atoms with E-state index in [1.54, 1.807) is 0 Å². The van der Waals surface area contributed by atoms with Gasteiger partial charge in [-0.1, -0.05) is 43.4 Å². The normalized spacial score (nSPS) is 11.6. The SMILES string of the molecule is CC(C)c1nnc2sc(-c3ccccc3S)nn12. The Bertz CT molecular complexity index is 699. The van der Waals surface area contributed by atoms with E-state index in [-0.39, 0.29) is 0 Å². The molecule has 0 aliphatic heterocycles. The largest absolute Gasteiger partial charge is 0.234 e. The van der Waals surface area contributed by atoms with E-state index in [0.717, 1.165) is 26.3 Å². The van der Waals surface area contributed by atoms with Gasteiger partial charge >= 0.3 is 0 Å². The van der Waals surface area contributed by atoms with E-state index in [1.165, 1.54) is 11.3 Å². The monoisotopic (exact) mass is 276 g/mol. The maximum Gasteiger partial charge on any atom is 0.234 e. The summed E-state index contributed by atoms with van der Waals surface area (Å²) in [5.41, 5.74) is 1.03. The molecule has 0 saturated heterocycles. The second-order valence-corrected chi connectivity index (χ2v) is 5.77. The average Bonchev–Trinajstić information content (AvgIpc) is 2.88. The van der Waals surface area contributed by atoms with Gasteiger partial charge in [-0.05, 0) is 6.07 Å². The summed E-state index contributed by atoms with van der Waals surface area (Å²) < 4.78 is 1.82. The lowest BCUT2D eigenvalue weighted by Crippen LogP contribution is -1.97. The van der Waals surface area contributed by atoms with Crippen molar-refractivity contribution in [1.82, 2.24) is 19.8 Å². The number of thiol groups is 1. The van der Waals surface area contributed by atoms with Crippen LogP contribution in [0, 0.1) is 0 Å². The zero-order chi connectivity index (χ0) is 12.7. The molecule has 0 bridgehead atoms. The van der Waals surface area contributed by atoms with Crippen LogP contribution in [0.4, 0.5) is 0 Å². The van der Waals surface area contributed by atoms with Crippen molar-refractivity contribution in [2.75, 3.05) is 0 Å². The number of nitrogens with zero attached hydrogens (tertiary/aromatic N) is 4. The van der Waals surface area contributed by atoms with Crippen LogP contribution in [0.5, 0.6) is 0 Å². The Balaban J connectivity index is 2.17. The second kappa shape index (κ2) is 4.37. The van der Waals surface area contributed by atoms with Gasteiger partial charge in [-0.15, -0.1) is 22.8 Å². The lowest BCUT2D eigenvalue weighted by Gasteiger charge is -2.00. The molecular formula is C12H12N4S2. The minimum Gasteiger partial charge on any atom is -0.187 e. The Morgan fingerprint density at radius 3 is 2.72 bits per heavy atom. The van der Waals surface area contributed by atoms with Crippen LogP contribution < -0.4 is 0 Å². The van der Waals surface area contributed by atoms with E-state index in [1.807, 2.05) is 28.8 Å². The molecule has 18 heavy (non-hydrogen) atoms. The van der Waals surface area contributed by atoms with Gasteiger partial charge in [-0.3, -0.25) is 0 Å². The molecule has 3 rings (SSSR count). The van der Waals surface area contributed by atoms with Crippen molar-refractivity contribution in [1.29, 1.82) is 0 Å². The highest BCUT2D eigenvalue weighted by Gasteiger charge is 2.15. The van der Waals surface area contributed by atoms with Gasteiger partial charge in [0.15, 0.2) is 5.82 Å². The minimum absolute atomic E-state index is 0.307. The summed E-state index contributed by atoms with van der Waals surface area (Å²) in [6.07, 6.45) is 0. The van der Waals surface area contributed by atoms with E-state index >= 15 is 0 Å². The summed E-state index contributed by atoms with van der Waals surface area (Å²) in [6.45, 7) is 4.17. The van der Waals surface area contributed by atoms with E-state index in [4.69, 9.17) is 0 Å². The summed E-state index contributed by atoms with van der Waals surface area (Å²) >= 11 is 5.99. The predicted octanol–water partition coefficient (Wildman–Crippen LogP) is 3.26. The van der Waals surface area contributed by atoms with Crippen molar-refractivity contribution in [2.24, 2.45) is 0 Å². The minimum atomic E-state index is 0.307. The number of aromatic nitrogens is 4.